The van der Waals surface area contributed by atoms with Crippen molar-refractivity contribution in [2.24, 2.45) is 0 Å². The van der Waals surface area contributed by atoms with E-state index < -0.39 is 0 Å². The number of nitrogens with zero attached hydrogens (tertiary/aromatic N) is 1. The lowest BCUT2D eigenvalue weighted by molar-refractivity contribution is 0.0258. The Balaban J connectivity index is 1.41. The predicted octanol–water partition coefficient (Wildman–Crippen LogP) is 2.27. The Morgan fingerprint density at radius 3 is 2.76 bits per heavy atom. The maximum absolute atomic E-state index is 6.08. The summed E-state index contributed by atoms with van der Waals surface area (Å²) in [7, 11) is 0. The molecule has 0 radical (unpaired) electrons. The van der Waals surface area contributed by atoms with Gasteiger partial charge in [-0.1, -0.05) is 24.3 Å². The molecule has 4 rings (SSSR count). The van der Waals surface area contributed by atoms with Crippen molar-refractivity contribution in [2.45, 2.75) is 18.6 Å². The highest BCUT2D eigenvalue weighted by molar-refractivity contribution is 5.88. The molecule has 2 aromatic rings. The Bertz CT molecular complexity index is 658. The number of benzene rings is 2. The van der Waals surface area contributed by atoms with Crippen molar-refractivity contribution >= 4 is 16.5 Å². The molecule has 21 heavy (non-hydrogen) atoms. The van der Waals surface area contributed by atoms with Gasteiger partial charge >= 0.3 is 0 Å². The maximum Gasteiger partial charge on any atom is 0.142 e. The lowest BCUT2D eigenvalue weighted by Crippen LogP contribution is -2.39. The number of nitrogens with two attached hydrogens (primary N) is 1. The fourth-order valence-electron chi connectivity index (χ4n) is 3.39. The van der Waals surface area contributed by atoms with E-state index in [4.69, 9.17) is 15.2 Å². The Morgan fingerprint density at radius 1 is 1.24 bits per heavy atom. The van der Waals surface area contributed by atoms with E-state index in [2.05, 4.69) is 17.0 Å². The second-order valence-corrected chi connectivity index (χ2v) is 5.93. The van der Waals surface area contributed by atoms with Gasteiger partial charge in [0.05, 0.1) is 18.4 Å². The number of nitrogen functional groups attached to an aromatic ring is 1. The number of hydrogen-bond acceptors (Lipinski definition) is 4. The molecule has 2 aliphatic rings. The molecular weight excluding hydrogens is 264 g/mol. The topological polar surface area (TPSA) is 47.7 Å². The Labute approximate surface area is 124 Å². The number of ether oxygens (including phenoxy) is 2. The standard InChI is InChI=1S/C17H20N2O2/c18-16-7-12-3-1-2-4-13(12)8-17(16)20-6-5-19-10-15-9-14(19)11-21-15/h1-4,7-8,14-15H,5-6,9-11,18H2. The summed E-state index contributed by atoms with van der Waals surface area (Å²) in [5, 5.41) is 2.31. The zero-order valence-corrected chi connectivity index (χ0v) is 12.0. The molecule has 0 spiro atoms. The number of likely N-dealkylation sites (tertiary alicyclic amines) is 1. The van der Waals surface area contributed by atoms with Crippen LogP contribution in [0.4, 0.5) is 5.69 Å². The van der Waals surface area contributed by atoms with Crippen LogP contribution in [0.15, 0.2) is 36.4 Å². The van der Waals surface area contributed by atoms with Crippen molar-refractivity contribution in [2.75, 3.05) is 32.0 Å². The van der Waals surface area contributed by atoms with Crippen molar-refractivity contribution < 1.29 is 9.47 Å². The van der Waals surface area contributed by atoms with Crippen LogP contribution in [0.3, 0.4) is 0 Å². The first kappa shape index (κ1) is 12.9. The van der Waals surface area contributed by atoms with Gasteiger partial charge in [0, 0.05) is 19.1 Å². The summed E-state index contributed by atoms with van der Waals surface area (Å²) in [5.74, 6) is 0.786. The minimum Gasteiger partial charge on any atom is -0.490 e. The molecule has 2 bridgehead atoms. The highest BCUT2D eigenvalue weighted by Crippen LogP contribution is 2.29. The molecule has 0 saturated carbocycles. The van der Waals surface area contributed by atoms with E-state index >= 15 is 0 Å². The summed E-state index contributed by atoms with van der Waals surface area (Å²) in [4.78, 5) is 2.46. The highest BCUT2D eigenvalue weighted by atomic mass is 16.5. The van der Waals surface area contributed by atoms with Crippen molar-refractivity contribution in [3.05, 3.63) is 36.4 Å². The third kappa shape index (κ3) is 2.45. The summed E-state index contributed by atoms with van der Waals surface area (Å²) in [6, 6.07) is 12.8. The smallest absolute Gasteiger partial charge is 0.142 e. The van der Waals surface area contributed by atoms with Crippen molar-refractivity contribution in [3.8, 4) is 5.75 Å². The third-order valence-corrected chi connectivity index (χ3v) is 4.53. The Hall–Kier alpha value is -1.78. The molecule has 2 N–H and O–H groups in total. The van der Waals surface area contributed by atoms with Gasteiger partial charge in [0.1, 0.15) is 12.4 Å². The van der Waals surface area contributed by atoms with Crippen LogP contribution >= 0.6 is 0 Å². The fraction of sp³-hybridized carbons (Fsp3) is 0.412. The zero-order chi connectivity index (χ0) is 14.2. The van der Waals surface area contributed by atoms with Crippen LogP contribution in [-0.2, 0) is 4.74 Å². The van der Waals surface area contributed by atoms with Crippen molar-refractivity contribution in [1.82, 2.24) is 4.90 Å². The molecule has 4 nitrogen and oxygen atoms in total. The van der Waals surface area contributed by atoms with E-state index in [0.717, 1.165) is 36.2 Å². The van der Waals surface area contributed by atoms with E-state index in [1.54, 1.807) is 0 Å². The SMILES string of the molecule is Nc1cc2ccccc2cc1OCCN1CC2CC1CO2. The fourth-order valence-corrected chi connectivity index (χ4v) is 3.39. The number of hydrogen-bond donors (Lipinski definition) is 1. The van der Waals surface area contributed by atoms with Crippen LogP contribution in [0.25, 0.3) is 10.8 Å². The van der Waals surface area contributed by atoms with E-state index in [0.29, 0.717) is 24.4 Å². The van der Waals surface area contributed by atoms with Crippen LogP contribution in [0.1, 0.15) is 6.42 Å². The lowest BCUT2D eigenvalue weighted by atomic mass is 10.1. The summed E-state index contributed by atoms with van der Waals surface area (Å²) in [6.07, 6.45) is 1.62. The van der Waals surface area contributed by atoms with Gasteiger partial charge in [-0.15, -0.1) is 0 Å². The minimum atomic E-state index is 0.445. The zero-order valence-electron chi connectivity index (χ0n) is 12.0. The molecule has 2 aromatic carbocycles. The van der Waals surface area contributed by atoms with Crippen molar-refractivity contribution in [1.29, 1.82) is 0 Å². The molecule has 4 heteroatoms. The molecule has 0 aromatic heterocycles. The first-order chi connectivity index (χ1) is 10.3. The first-order valence-electron chi connectivity index (χ1n) is 7.56. The highest BCUT2D eigenvalue weighted by Gasteiger charge is 2.38. The van der Waals surface area contributed by atoms with Crippen LogP contribution in [0.2, 0.25) is 0 Å². The third-order valence-electron chi connectivity index (χ3n) is 4.53. The summed E-state index contributed by atoms with van der Waals surface area (Å²) in [6.45, 7) is 3.53. The van der Waals surface area contributed by atoms with Crippen molar-refractivity contribution in [3.63, 3.8) is 0 Å². The predicted molar refractivity (Wildman–Crippen MR) is 83.6 cm³/mol. The molecule has 110 valence electrons. The molecule has 2 atom stereocenters. The molecule has 2 unspecified atom stereocenters. The normalized spacial score (nSPS) is 24.8. The number of fused-ring (bicyclic) bond motifs is 3. The van der Waals surface area contributed by atoms with Gasteiger partial charge in [0.2, 0.25) is 0 Å². The van der Waals surface area contributed by atoms with E-state index in [1.807, 2.05) is 24.3 Å². The maximum atomic E-state index is 6.08. The Kier molecular flexibility index (Phi) is 3.20. The average Bonchev–Trinajstić information content (AvgIpc) is 3.10. The largest absolute Gasteiger partial charge is 0.490 e. The second kappa shape index (κ2) is 5.20. The second-order valence-electron chi connectivity index (χ2n) is 5.93. The van der Waals surface area contributed by atoms with E-state index in [-0.39, 0.29) is 0 Å². The molecule has 2 fully saturated rings. The average molecular weight is 284 g/mol. The van der Waals surface area contributed by atoms with Gasteiger partial charge in [-0.05, 0) is 29.3 Å². The molecule has 2 heterocycles. The quantitative estimate of drug-likeness (QED) is 0.875. The van der Waals surface area contributed by atoms with Crippen LogP contribution in [-0.4, -0.2) is 43.3 Å². The van der Waals surface area contributed by atoms with Gasteiger partial charge in [-0.3, -0.25) is 4.90 Å². The van der Waals surface area contributed by atoms with Crippen LogP contribution < -0.4 is 10.5 Å². The summed E-state index contributed by atoms with van der Waals surface area (Å²) < 4.78 is 11.5. The lowest BCUT2D eigenvalue weighted by Gasteiger charge is -2.26. The molecule has 2 aliphatic heterocycles. The van der Waals surface area contributed by atoms with Gasteiger partial charge in [0.15, 0.2) is 0 Å². The number of rotatable bonds is 4. The van der Waals surface area contributed by atoms with Gasteiger partial charge < -0.3 is 15.2 Å². The first-order valence-corrected chi connectivity index (χ1v) is 7.56. The van der Waals surface area contributed by atoms with E-state index in [1.165, 1.54) is 6.42 Å². The van der Waals surface area contributed by atoms with E-state index in [9.17, 15) is 0 Å². The van der Waals surface area contributed by atoms with Gasteiger partial charge in [0.25, 0.3) is 0 Å². The summed E-state index contributed by atoms with van der Waals surface area (Å²) in [5.41, 5.74) is 6.79. The number of morpholine rings is 1. The summed E-state index contributed by atoms with van der Waals surface area (Å²) >= 11 is 0. The number of anilines is 1. The van der Waals surface area contributed by atoms with Gasteiger partial charge in [-0.25, -0.2) is 0 Å². The minimum absolute atomic E-state index is 0.445. The Morgan fingerprint density at radius 2 is 2.05 bits per heavy atom. The molecule has 2 saturated heterocycles. The van der Waals surface area contributed by atoms with Gasteiger partial charge in [-0.2, -0.15) is 0 Å². The van der Waals surface area contributed by atoms with Crippen LogP contribution in [0, 0.1) is 0 Å². The molecular formula is C17H20N2O2. The van der Waals surface area contributed by atoms with Crippen LogP contribution in [0.5, 0.6) is 5.75 Å². The molecule has 0 aliphatic carbocycles. The molecule has 0 amide bonds. The monoisotopic (exact) mass is 284 g/mol.